The predicted octanol–water partition coefficient (Wildman–Crippen LogP) is -6.30. The number of amides is 6. The number of nitrogens with one attached hydrogen (secondary N) is 5. The van der Waals surface area contributed by atoms with E-state index in [1.54, 1.807) is 0 Å². The number of aliphatic carboxylic acids is 2. The van der Waals surface area contributed by atoms with E-state index < -0.39 is 116 Å². The molecular weight excluding hydrogens is 592 g/mol. The smallest absolute Gasteiger partial charge is 0.305 e. The molecule has 0 aliphatic rings. The number of aliphatic hydroxyl groups is 2. The predicted molar refractivity (Wildman–Crippen MR) is 149 cm³/mol. The number of carbonyl (C=O) groups excluding carboxylic acids is 6. The minimum absolute atomic E-state index is 0.311. The van der Waals surface area contributed by atoms with Gasteiger partial charge in [0.1, 0.15) is 24.2 Å². The van der Waals surface area contributed by atoms with Gasteiger partial charge in [0.25, 0.3) is 0 Å². The molecule has 0 saturated heterocycles. The van der Waals surface area contributed by atoms with Crippen molar-refractivity contribution in [3.05, 3.63) is 0 Å². The minimum Gasteiger partial charge on any atom is -0.481 e. The molecule has 0 aromatic rings. The molecule has 20 heteroatoms. The normalized spacial score (nSPS) is 14.8. The van der Waals surface area contributed by atoms with Gasteiger partial charge in [-0.25, -0.2) is 0 Å². The Labute approximate surface area is 251 Å². The number of primary amides is 1. The monoisotopic (exact) mass is 634 g/mol. The van der Waals surface area contributed by atoms with Gasteiger partial charge in [-0.3, -0.25) is 38.4 Å². The Morgan fingerprint density at radius 3 is 1.82 bits per heavy atom. The maximum atomic E-state index is 13.0. The molecule has 20 nitrogen and oxygen atoms in total. The summed E-state index contributed by atoms with van der Waals surface area (Å²) in [6, 6.07) is -7.84. The largest absolute Gasteiger partial charge is 0.481 e. The van der Waals surface area contributed by atoms with Crippen LogP contribution in [-0.4, -0.2) is 124 Å². The summed E-state index contributed by atoms with van der Waals surface area (Å²) >= 11 is 0. The average Bonchev–Trinajstić information content (AvgIpc) is 2.93. The van der Waals surface area contributed by atoms with Gasteiger partial charge in [0, 0.05) is 6.42 Å². The fourth-order valence-corrected chi connectivity index (χ4v) is 3.50. The number of carbonyl (C=O) groups is 8. The number of rotatable bonds is 22. The van der Waals surface area contributed by atoms with Crippen LogP contribution in [0.25, 0.3) is 0 Å². The summed E-state index contributed by atoms with van der Waals surface area (Å²) in [6.07, 6.45) is -2.32. The van der Waals surface area contributed by atoms with Gasteiger partial charge in [-0.2, -0.15) is 0 Å². The molecule has 0 aromatic carbocycles. The first-order valence-electron chi connectivity index (χ1n) is 13.5. The molecule has 0 radical (unpaired) electrons. The number of unbranched alkanes of at least 4 members (excludes halogenated alkanes) is 1. The first-order valence-corrected chi connectivity index (χ1v) is 13.5. The van der Waals surface area contributed by atoms with Crippen LogP contribution >= 0.6 is 0 Å². The summed E-state index contributed by atoms with van der Waals surface area (Å²) in [5.74, 6) is -9.34. The number of carboxylic acid groups (broad SMARTS) is 2. The Hall–Kier alpha value is -4.40. The van der Waals surface area contributed by atoms with Gasteiger partial charge in [0.05, 0.1) is 31.7 Å². The standard InChI is InChI=1S/C24H42N8O12/c1-11(34)19(32-16(35)9-28-21(41)12(26)4-2-3-7-25)24(44)29-13(5-6-17(36)37)22(42)30-14(8-18(38)39)23(43)31-15(10-33)20(27)40/h11-15,19,33-34H,2-10,25-26H2,1H3,(H2,27,40)(H,28,41)(H,29,44)(H,30,42)(H,31,43)(H,32,35)(H,36,37)(H,38,39)/t11-,12+,13+,14+,15+,19+/m1/s1. The van der Waals surface area contributed by atoms with Crippen molar-refractivity contribution in [1.82, 2.24) is 26.6 Å². The molecule has 0 heterocycles. The van der Waals surface area contributed by atoms with Crippen LogP contribution in [0.4, 0.5) is 0 Å². The summed E-state index contributed by atoms with van der Waals surface area (Å²) in [5.41, 5.74) is 16.2. The fraction of sp³-hybridized carbons (Fsp3) is 0.667. The second kappa shape index (κ2) is 20.5. The molecule has 0 rings (SSSR count). The van der Waals surface area contributed by atoms with Gasteiger partial charge >= 0.3 is 11.9 Å². The van der Waals surface area contributed by atoms with E-state index in [0.717, 1.165) is 6.92 Å². The highest BCUT2D eigenvalue weighted by molar-refractivity contribution is 5.97. The Kier molecular flexibility index (Phi) is 18.4. The van der Waals surface area contributed by atoms with E-state index in [2.05, 4.69) is 16.0 Å². The average molecular weight is 635 g/mol. The summed E-state index contributed by atoms with van der Waals surface area (Å²) in [6.45, 7) is -0.0379. The van der Waals surface area contributed by atoms with Crippen LogP contribution in [0.5, 0.6) is 0 Å². The van der Waals surface area contributed by atoms with Crippen LogP contribution in [-0.2, 0) is 38.4 Å². The van der Waals surface area contributed by atoms with Crippen molar-refractivity contribution < 1.29 is 58.8 Å². The maximum absolute atomic E-state index is 13.0. The van der Waals surface area contributed by atoms with E-state index in [-0.39, 0.29) is 0 Å². The molecule has 0 spiro atoms. The highest BCUT2D eigenvalue weighted by atomic mass is 16.4. The molecule has 0 saturated carbocycles. The molecule has 250 valence electrons. The quantitative estimate of drug-likeness (QED) is 0.0493. The SMILES string of the molecule is C[C@@H](O)[C@H](NC(=O)CNC(=O)[C@@H](N)CCCCN)C(=O)N[C@@H](CCC(=O)O)C(=O)N[C@@H](CC(=O)O)C(=O)N[C@@H](CO)C(N)=O. The number of nitrogens with two attached hydrogens (primary N) is 3. The van der Waals surface area contributed by atoms with Gasteiger partial charge in [-0.1, -0.05) is 6.42 Å². The Morgan fingerprint density at radius 1 is 0.750 bits per heavy atom. The number of hydrogen-bond donors (Lipinski definition) is 12. The van der Waals surface area contributed by atoms with Crippen LogP contribution in [0.2, 0.25) is 0 Å². The first kappa shape index (κ1) is 39.6. The molecule has 6 atom stereocenters. The molecule has 6 amide bonds. The lowest BCUT2D eigenvalue weighted by Gasteiger charge is -2.26. The van der Waals surface area contributed by atoms with Crippen LogP contribution in [0, 0.1) is 0 Å². The third-order valence-electron chi connectivity index (χ3n) is 5.94. The second-order valence-corrected chi connectivity index (χ2v) is 9.69. The molecule has 0 aliphatic carbocycles. The van der Waals surface area contributed by atoms with Gasteiger partial charge in [-0.05, 0) is 32.7 Å². The summed E-state index contributed by atoms with van der Waals surface area (Å²) in [4.78, 5) is 96.7. The molecule has 44 heavy (non-hydrogen) atoms. The lowest BCUT2D eigenvalue weighted by Crippen LogP contribution is -2.60. The van der Waals surface area contributed by atoms with Crippen LogP contribution in [0.3, 0.4) is 0 Å². The fourth-order valence-electron chi connectivity index (χ4n) is 3.50. The lowest BCUT2D eigenvalue weighted by atomic mass is 10.1. The zero-order valence-corrected chi connectivity index (χ0v) is 24.1. The molecule has 0 aliphatic heterocycles. The molecule has 0 fully saturated rings. The number of hydrogen-bond acceptors (Lipinski definition) is 12. The van der Waals surface area contributed by atoms with Crippen LogP contribution in [0.15, 0.2) is 0 Å². The maximum Gasteiger partial charge on any atom is 0.305 e. The first-order chi connectivity index (χ1) is 20.5. The summed E-state index contributed by atoms with van der Waals surface area (Å²) in [7, 11) is 0. The van der Waals surface area contributed by atoms with E-state index in [1.165, 1.54) is 0 Å². The highest BCUT2D eigenvalue weighted by Crippen LogP contribution is 2.04. The minimum atomic E-state index is -1.87. The van der Waals surface area contributed by atoms with Crippen molar-refractivity contribution in [3.63, 3.8) is 0 Å². The zero-order valence-electron chi connectivity index (χ0n) is 24.1. The van der Waals surface area contributed by atoms with Gasteiger partial charge in [0.2, 0.25) is 35.4 Å². The summed E-state index contributed by atoms with van der Waals surface area (Å²) in [5, 5.41) is 48.1. The Morgan fingerprint density at radius 2 is 1.32 bits per heavy atom. The highest BCUT2D eigenvalue weighted by Gasteiger charge is 2.33. The molecular formula is C24H42N8O12. The van der Waals surface area contributed by atoms with Crippen LogP contribution in [0.1, 0.15) is 45.4 Å². The molecule has 15 N–H and O–H groups in total. The van der Waals surface area contributed by atoms with Crippen molar-refractivity contribution in [2.45, 2.75) is 81.8 Å². The zero-order chi connectivity index (χ0) is 34.0. The third-order valence-corrected chi connectivity index (χ3v) is 5.94. The Bertz CT molecular complexity index is 1040. The second-order valence-electron chi connectivity index (χ2n) is 9.69. The van der Waals surface area contributed by atoms with Gasteiger partial charge in [-0.15, -0.1) is 0 Å². The van der Waals surface area contributed by atoms with E-state index >= 15 is 0 Å². The lowest BCUT2D eigenvalue weighted by molar-refractivity contribution is -0.141. The van der Waals surface area contributed by atoms with E-state index in [0.29, 0.717) is 25.8 Å². The van der Waals surface area contributed by atoms with Crippen molar-refractivity contribution in [2.75, 3.05) is 19.7 Å². The topological polar surface area (TPSA) is 356 Å². The number of carboxylic acids is 2. The van der Waals surface area contributed by atoms with Crippen molar-refractivity contribution in [2.24, 2.45) is 17.2 Å². The van der Waals surface area contributed by atoms with Crippen LogP contribution < -0.4 is 43.8 Å². The third kappa shape index (κ3) is 15.7. The molecule has 0 bridgehead atoms. The van der Waals surface area contributed by atoms with Crippen molar-refractivity contribution >= 4 is 47.4 Å². The number of aliphatic hydroxyl groups excluding tert-OH is 2. The summed E-state index contributed by atoms with van der Waals surface area (Å²) < 4.78 is 0. The van der Waals surface area contributed by atoms with Crippen molar-refractivity contribution in [1.29, 1.82) is 0 Å². The van der Waals surface area contributed by atoms with Gasteiger partial charge < -0.3 is 64.2 Å². The molecule has 0 unspecified atom stereocenters. The van der Waals surface area contributed by atoms with Gasteiger partial charge in [0.15, 0.2) is 0 Å². The van der Waals surface area contributed by atoms with E-state index in [1.807, 2.05) is 10.6 Å². The Balaban J connectivity index is 5.63. The van der Waals surface area contributed by atoms with Crippen molar-refractivity contribution in [3.8, 4) is 0 Å². The van der Waals surface area contributed by atoms with E-state index in [9.17, 15) is 48.6 Å². The molecule has 0 aromatic heterocycles. The van der Waals surface area contributed by atoms with E-state index in [4.69, 9.17) is 27.4 Å².